The molecule has 0 saturated carbocycles. The van der Waals surface area contributed by atoms with Crippen molar-refractivity contribution in [1.29, 1.82) is 0 Å². The van der Waals surface area contributed by atoms with Crippen molar-refractivity contribution >= 4 is 0 Å². The number of hydrogen-bond donors (Lipinski definition) is 1. The molecule has 0 radical (unpaired) electrons. The van der Waals surface area contributed by atoms with Crippen LogP contribution in [0.2, 0.25) is 0 Å². The van der Waals surface area contributed by atoms with E-state index in [1.165, 1.54) is 38.9 Å². The van der Waals surface area contributed by atoms with Crippen LogP contribution in [0.1, 0.15) is 40.0 Å². The smallest absolute Gasteiger partial charge is 0.0165 e. The van der Waals surface area contributed by atoms with Crippen molar-refractivity contribution in [3.05, 3.63) is 0 Å². The van der Waals surface area contributed by atoms with E-state index in [1.807, 2.05) is 0 Å². The van der Waals surface area contributed by atoms with E-state index in [9.17, 15) is 0 Å². The van der Waals surface area contributed by atoms with E-state index in [0.717, 1.165) is 12.0 Å². The highest BCUT2D eigenvalue weighted by atomic mass is 15.3. The van der Waals surface area contributed by atoms with E-state index >= 15 is 0 Å². The first-order valence-corrected chi connectivity index (χ1v) is 6.12. The maximum absolute atomic E-state index is 3.49. The Morgan fingerprint density at radius 3 is 2.86 bits per heavy atom. The minimum atomic E-state index is 0.438. The zero-order valence-electron chi connectivity index (χ0n) is 9.84. The van der Waals surface area contributed by atoms with Crippen LogP contribution < -0.4 is 5.32 Å². The molecule has 2 saturated heterocycles. The average Bonchev–Trinajstić information content (AvgIpc) is 2.06. The largest absolute Gasteiger partial charge is 0.316 e. The second-order valence-corrected chi connectivity index (χ2v) is 5.54. The molecule has 0 aromatic rings. The fraction of sp³-hybridized carbons (Fsp3) is 1.00. The fourth-order valence-electron chi connectivity index (χ4n) is 3.21. The first-order valence-electron chi connectivity index (χ1n) is 6.12. The topological polar surface area (TPSA) is 15.3 Å². The van der Waals surface area contributed by atoms with Crippen LogP contribution in [0.25, 0.3) is 0 Å². The third-order valence-electron chi connectivity index (χ3n) is 4.04. The van der Waals surface area contributed by atoms with Crippen molar-refractivity contribution < 1.29 is 0 Å². The van der Waals surface area contributed by atoms with Gasteiger partial charge in [-0.25, -0.2) is 0 Å². The first-order chi connectivity index (χ1) is 6.65. The quantitative estimate of drug-likeness (QED) is 0.741. The predicted octanol–water partition coefficient (Wildman–Crippen LogP) is 1.86. The summed E-state index contributed by atoms with van der Waals surface area (Å²) < 4.78 is 0. The summed E-state index contributed by atoms with van der Waals surface area (Å²) in [5.41, 5.74) is 0.438. The Labute approximate surface area is 88.1 Å². The molecule has 0 aromatic carbocycles. The lowest BCUT2D eigenvalue weighted by Gasteiger charge is -2.58. The Morgan fingerprint density at radius 2 is 2.21 bits per heavy atom. The average molecular weight is 196 g/mol. The van der Waals surface area contributed by atoms with Gasteiger partial charge in [0.25, 0.3) is 0 Å². The Bertz CT molecular complexity index is 200. The van der Waals surface area contributed by atoms with Crippen LogP contribution in [0.3, 0.4) is 0 Å². The second kappa shape index (κ2) is 3.82. The third-order valence-corrected chi connectivity index (χ3v) is 4.04. The highest BCUT2D eigenvalue weighted by Crippen LogP contribution is 2.37. The molecule has 0 spiro atoms. The van der Waals surface area contributed by atoms with Crippen LogP contribution in [-0.2, 0) is 0 Å². The van der Waals surface area contributed by atoms with Gasteiger partial charge in [0.1, 0.15) is 0 Å². The SMILES string of the molecule is CCCC(C)(C)N1CC2CNCCC21. The monoisotopic (exact) mass is 196 g/mol. The van der Waals surface area contributed by atoms with Gasteiger partial charge >= 0.3 is 0 Å². The Morgan fingerprint density at radius 1 is 1.43 bits per heavy atom. The summed E-state index contributed by atoms with van der Waals surface area (Å²) in [4.78, 5) is 2.74. The third kappa shape index (κ3) is 1.70. The maximum atomic E-state index is 3.49. The molecule has 2 atom stereocenters. The predicted molar refractivity (Wildman–Crippen MR) is 60.5 cm³/mol. The van der Waals surface area contributed by atoms with Crippen LogP contribution in [0.5, 0.6) is 0 Å². The molecule has 2 unspecified atom stereocenters. The molecule has 0 aromatic heterocycles. The lowest BCUT2D eigenvalue weighted by molar-refractivity contribution is -0.0780. The van der Waals surface area contributed by atoms with Gasteiger partial charge in [0.15, 0.2) is 0 Å². The minimum absolute atomic E-state index is 0.438. The summed E-state index contributed by atoms with van der Waals surface area (Å²) in [6, 6.07) is 0.887. The minimum Gasteiger partial charge on any atom is -0.316 e. The summed E-state index contributed by atoms with van der Waals surface area (Å²) in [5, 5.41) is 3.49. The summed E-state index contributed by atoms with van der Waals surface area (Å²) in [6.45, 7) is 10.9. The molecule has 2 nitrogen and oxygen atoms in total. The Kier molecular flexibility index (Phi) is 2.85. The van der Waals surface area contributed by atoms with Gasteiger partial charge in [-0.05, 0) is 39.2 Å². The number of fused-ring (bicyclic) bond motifs is 1. The first kappa shape index (κ1) is 10.4. The van der Waals surface area contributed by atoms with Crippen molar-refractivity contribution in [2.75, 3.05) is 19.6 Å². The molecular formula is C12H24N2. The van der Waals surface area contributed by atoms with Crippen LogP contribution in [0, 0.1) is 5.92 Å². The molecule has 2 rings (SSSR count). The van der Waals surface area contributed by atoms with E-state index in [0.29, 0.717) is 5.54 Å². The van der Waals surface area contributed by atoms with Gasteiger partial charge in [-0.1, -0.05) is 13.3 Å². The lowest BCUT2D eigenvalue weighted by atomic mass is 9.78. The number of likely N-dealkylation sites (tertiary alicyclic amines) is 1. The number of hydrogen-bond acceptors (Lipinski definition) is 2. The zero-order chi connectivity index (χ0) is 10.2. The van der Waals surface area contributed by atoms with Crippen LogP contribution in [-0.4, -0.2) is 36.1 Å². The number of piperidine rings is 1. The summed E-state index contributed by atoms with van der Waals surface area (Å²) in [6.07, 6.45) is 4.00. The van der Waals surface area contributed by atoms with Crippen LogP contribution >= 0.6 is 0 Å². The normalized spacial score (nSPS) is 33.6. The molecule has 0 amide bonds. The summed E-state index contributed by atoms with van der Waals surface area (Å²) in [5.74, 6) is 0.944. The Balaban J connectivity index is 1.93. The molecule has 1 N–H and O–H groups in total. The van der Waals surface area contributed by atoms with Gasteiger partial charge in [0.2, 0.25) is 0 Å². The molecule has 0 aliphatic carbocycles. The molecule has 82 valence electrons. The van der Waals surface area contributed by atoms with Gasteiger partial charge in [-0.3, -0.25) is 4.90 Å². The van der Waals surface area contributed by atoms with E-state index in [1.54, 1.807) is 0 Å². The van der Waals surface area contributed by atoms with Gasteiger partial charge in [-0.2, -0.15) is 0 Å². The van der Waals surface area contributed by atoms with Crippen molar-refractivity contribution in [2.45, 2.75) is 51.6 Å². The maximum Gasteiger partial charge on any atom is 0.0165 e. The van der Waals surface area contributed by atoms with Crippen LogP contribution in [0.4, 0.5) is 0 Å². The molecule has 14 heavy (non-hydrogen) atoms. The van der Waals surface area contributed by atoms with Crippen molar-refractivity contribution in [1.82, 2.24) is 10.2 Å². The van der Waals surface area contributed by atoms with Gasteiger partial charge < -0.3 is 5.32 Å². The lowest BCUT2D eigenvalue weighted by Crippen LogP contribution is -2.68. The molecule has 2 aliphatic heterocycles. The van der Waals surface area contributed by atoms with E-state index in [4.69, 9.17) is 0 Å². The van der Waals surface area contributed by atoms with Crippen molar-refractivity contribution in [2.24, 2.45) is 5.92 Å². The molecule has 0 bridgehead atoms. The molecule has 2 fully saturated rings. The van der Waals surface area contributed by atoms with Crippen molar-refractivity contribution in [3.63, 3.8) is 0 Å². The highest BCUT2D eigenvalue weighted by Gasteiger charge is 2.45. The number of nitrogens with one attached hydrogen (secondary N) is 1. The summed E-state index contributed by atoms with van der Waals surface area (Å²) in [7, 11) is 0. The van der Waals surface area contributed by atoms with Gasteiger partial charge in [0.05, 0.1) is 0 Å². The van der Waals surface area contributed by atoms with Gasteiger partial charge in [-0.15, -0.1) is 0 Å². The zero-order valence-corrected chi connectivity index (χ0v) is 9.84. The number of nitrogens with zero attached hydrogens (tertiary/aromatic N) is 1. The van der Waals surface area contributed by atoms with E-state index < -0.39 is 0 Å². The highest BCUT2D eigenvalue weighted by molar-refractivity contribution is 5.01. The summed E-state index contributed by atoms with van der Waals surface area (Å²) >= 11 is 0. The molecule has 2 heterocycles. The van der Waals surface area contributed by atoms with Crippen molar-refractivity contribution in [3.8, 4) is 0 Å². The van der Waals surface area contributed by atoms with E-state index in [-0.39, 0.29) is 0 Å². The van der Waals surface area contributed by atoms with Crippen LogP contribution in [0.15, 0.2) is 0 Å². The second-order valence-electron chi connectivity index (χ2n) is 5.54. The van der Waals surface area contributed by atoms with Gasteiger partial charge in [0, 0.05) is 24.7 Å². The molecule has 2 aliphatic rings. The Hall–Kier alpha value is -0.0800. The number of rotatable bonds is 3. The molecule has 2 heteroatoms. The van der Waals surface area contributed by atoms with E-state index in [2.05, 4.69) is 31.0 Å². The fourth-order valence-corrected chi connectivity index (χ4v) is 3.21. The molecular weight excluding hydrogens is 172 g/mol. The standard InChI is InChI=1S/C12H24N2/c1-4-6-12(2,3)14-9-10-8-13-7-5-11(10)14/h10-11,13H,4-9H2,1-3H3.